The average Bonchev–Trinajstić information content (AvgIpc) is 2.33. The van der Waals surface area contributed by atoms with Crippen LogP contribution in [-0.4, -0.2) is 62.2 Å². The minimum Gasteiger partial charge on any atom is -0.352 e. The Balaban J connectivity index is 1.80. The maximum absolute atomic E-state index is 12.2. The highest BCUT2D eigenvalue weighted by atomic mass is 16.2. The van der Waals surface area contributed by atoms with Crippen molar-refractivity contribution in [2.75, 3.05) is 33.2 Å². The van der Waals surface area contributed by atoms with Crippen molar-refractivity contribution >= 4 is 5.91 Å². The number of likely N-dealkylation sites (tertiary alicyclic amines) is 1. The fourth-order valence-corrected chi connectivity index (χ4v) is 2.82. The number of nitrogens with one attached hydrogen (secondary N) is 3. The van der Waals surface area contributed by atoms with Gasteiger partial charge in [-0.15, -0.1) is 0 Å². The summed E-state index contributed by atoms with van der Waals surface area (Å²) >= 11 is 0. The van der Waals surface area contributed by atoms with Crippen molar-refractivity contribution in [3.05, 3.63) is 0 Å². The maximum atomic E-state index is 12.2. The highest BCUT2D eigenvalue weighted by Crippen LogP contribution is 2.15. The van der Waals surface area contributed by atoms with Crippen LogP contribution in [0.25, 0.3) is 0 Å². The molecule has 0 aromatic rings. The van der Waals surface area contributed by atoms with Crippen LogP contribution in [-0.2, 0) is 4.79 Å². The Hall–Kier alpha value is -0.650. The van der Waals surface area contributed by atoms with E-state index in [2.05, 4.69) is 41.7 Å². The van der Waals surface area contributed by atoms with Crippen molar-refractivity contribution < 1.29 is 4.79 Å². The van der Waals surface area contributed by atoms with E-state index in [1.54, 1.807) is 0 Å². The molecule has 18 heavy (non-hydrogen) atoms. The lowest BCUT2D eigenvalue weighted by Crippen LogP contribution is -2.61. The summed E-state index contributed by atoms with van der Waals surface area (Å²) in [7, 11) is 2.14. The van der Waals surface area contributed by atoms with Gasteiger partial charge in [0.15, 0.2) is 0 Å². The number of rotatable bonds is 2. The van der Waals surface area contributed by atoms with Crippen molar-refractivity contribution in [1.82, 2.24) is 20.9 Å². The first-order valence-corrected chi connectivity index (χ1v) is 7.02. The molecule has 2 fully saturated rings. The van der Waals surface area contributed by atoms with Crippen molar-refractivity contribution in [2.45, 2.75) is 38.4 Å². The van der Waals surface area contributed by atoms with Crippen molar-refractivity contribution in [3.63, 3.8) is 0 Å². The lowest BCUT2D eigenvalue weighted by molar-refractivity contribution is -0.124. The summed E-state index contributed by atoms with van der Waals surface area (Å²) in [5.41, 5.74) is 0. The predicted octanol–water partition coefficient (Wildman–Crippen LogP) is -0.607. The van der Waals surface area contributed by atoms with Crippen LogP contribution in [0.4, 0.5) is 0 Å². The van der Waals surface area contributed by atoms with Crippen LogP contribution in [0.15, 0.2) is 0 Å². The van der Waals surface area contributed by atoms with Gasteiger partial charge in [-0.1, -0.05) is 6.92 Å². The number of carbonyl (C=O) groups is 1. The molecule has 0 spiro atoms. The molecule has 4 atom stereocenters. The highest BCUT2D eigenvalue weighted by Gasteiger charge is 2.29. The zero-order valence-corrected chi connectivity index (χ0v) is 11.7. The van der Waals surface area contributed by atoms with E-state index in [0.717, 1.165) is 32.6 Å². The quantitative estimate of drug-likeness (QED) is 0.615. The molecule has 0 aliphatic carbocycles. The van der Waals surface area contributed by atoms with Gasteiger partial charge in [-0.25, -0.2) is 0 Å². The molecular weight excluding hydrogens is 228 g/mol. The Morgan fingerprint density at radius 3 is 2.67 bits per heavy atom. The number of piperidine rings is 1. The summed E-state index contributed by atoms with van der Waals surface area (Å²) < 4.78 is 0. The van der Waals surface area contributed by atoms with Gasteiger partial charge in [-0.3, -0.25) is 4.79 Å². The fraction of sp³-hybridized carbons (Fsp3) is 0.923. The second kappa shape index (κ2) is 5.99. The van der Waals surface area contributed by atoms with Crippen LogP contribution in [0.3, 0.4) is 0 Å². The normalized spacial score (nSPS) is 38.4. The Labute approximate surface area is 110 Å². The Kier molecular flexibility index (Phi) is 4.59. The second-order valence-corrected chi connectivity index (χ2v) is 5.91. The number of hydrogen-bond acceptors (Lipinski definition) is 4. The van der Waals surface area contributed by atoms with Gasteiger partial charge in [0, 0.05) is 31.7 Å². The minimum atomic E-state index is -0.0759. The first-order chi connectivity index (χ1) is 8.56. The molecule has 0 aromatic heterocycles. The summed E-state index contributed by atoms with van der Waals surface area (Å²) in [5.74, 6) is 0.680. The zero-order valence-electron chi connectivity index (χ0n) is 11.7. The average molecular weight is 254 g/mol. The maximum Gasteiger partial charge on any atom is 0.238 e. The van der Waals surface area contributed by atoms with E-state index >= 15 is 0 Å². The highest BCUT2D eigenvalue weighted by molar-refractivity contribution is 5.82. The SMILES string of the molecule is CC1CNC(C(=O)NC2CCN(C)CC2C)CN1. The third-order valence-corrected chi connectivity index (χ3v) is 4.09. The van der Waals surface area contributed by atoms with E-state index in [9.17, 15) is 4.79 Å². The van der Waals surface area contributed by atoms with Crippen molar-refractivity contribution in [1.29, 1.82) is 0 Å². The minimum absolute atomic E-state index is 0.0759. The molecule has 0 radical (unpaired) electrons. The Morgan fingerprint density at radius 2 is 2.06 bits per heavy atom. The smallest absolute Gasteiger partial charge is 0.238 e. The van der Waals surface area contributed by atoms with Crippen LogP contribution >= 0.6 is 0 Å². The summed E-state index contributed by atoms with van der Waals surface area (Å²) in [6.45, 7) is 8.07. The number of amides is 1. The van der Waals surface area contributed by atoms with Gasteiger partial charge in [-0.2, -0.15) is 0 Å². The largest absolute Gasteiger partial charge is 0.352 e. The van der Waals surface area contributed by atoms with Crippen LogP contribution in [0.2, 0.25) is 0 Å². The summed E-state index contributed by atoms with van der Waals surface area (Å²) in [5, 5.41) is 9.84. The van der Waals surface area contributed by atoms with Crippen LogP contribution < -0.4 is 16.0 Å². The summed E-state index contributed by atoms with van der Waals surface area (Å²) in [6.07, 6.45) is 1.06. The van der Waals surface area contributed by atoms with E-state index in [4.69, 9.17) is 0 Å². The van der Waals surface area contributed by atoms with E-state index in [0.29, 0.717) is 18.0 Å². The first-order valence-electron chi connectivity index (χ1n) is 7.02. The molecule has 5 heteroatoms. The molecule has 2 rings (SSSR count). The molecular formula is C13H26N4O. The molecule has 2 aliphatic heterocycles. The molecule has 3 N–H and O–H groups in total. The third kappa shape index (κ3) is 3.43. The van der Waals surface area contributed by atoms with Gasteiger partial charge in [0.1, 0.15) is 0 Å². The van der Waals surface area contributed by atoms with Gasteiger partial charge < -0.3 is 20.9 Å². The molecule has 104 valence electrons. The zero-order chi connectivity index (χ0) is 13.1. The van der Waals surface area contributed by atoms with Gasteiger partial charge in [0.25, 0.3) is 0 Å². The van der Waals surface area contributed by atoms with E-state index in [1.165, 1.54) is 0 Å². The van der Waals surface area contributed by atoms with E-state index < -0.39 is 0 Å². The molecule has 2 heterocycles. The van der Waals surface area contributed by atoms with Gasteiger partial charge >= 0.3 is 0 Å². The molecule has 2 aliphatic rings. The number of carbonyl (C=O) groups excluding carboxylic acids is 1. The number of nitrogens with zero attached hydrogens (tertiary/aromatic N) is 1. The first kappa shape index (κ1) is 13.8. The molecule has 2 saturated heterocycles. The lowest BCUT2D eigenvalue weighted by atomic mass is 9.94. The number of piperazine rings is 1. The Bertz CT molecular complexity index is 289. The molecule has 0 bridgehead atoms. The number of hydrogen-bond donors (Lipinski definition) is 3. The van der Waals surface area contributed by atoms with E-state index in [-0.39, 0.29) is 11.9 Å². The Morgan fingerprint density at radius 1 is 1.28 bits per heavy atom. The fourth-order valence-electron chi connectivity index (χ4n) is 2.82. The third-order valence-electron chi connectivity index (χ3n) is 4.09. The van der Waals surface area contributed by atoms with Crippen molar-refractivity contribution in [2.24, 2.45) is 5.92 Å². The standard InChI is InChI=1S/C13H26N4O/c1-9-8-17(3)5-4-11(9)16-13(18)12-7-14-10(2)6-15-12/h9-12,14-15H,4-8H2,1-3H3,(H,16,18). The van der Waals surface area contributed by atoms with Crippen molar-refractivity contribution in [3.8, 4) is 0 Å². The van der Waals surface area contributed by atoms with Gasteiger partial charge in [-0.05, 0) is 32.9 Å². The van der Waals surface area contributed by atoms with Gasteiger partial charge in [0.2, 0.25) is 5.91 Å². The molecule has 0 saturated carbocycles. The topological polar surface area (TPSA) is 56.4 Å². The van der Waals surface area contributed by atoms with Crippen LogP contribution in [0, 0.1) is 5.92 Å². The molecule has 1 amide bonds. The monoisotopic (exact) mass is 254 g/mol. The van der Waals surface area contributed by atoms with Crippen LogP contribution in [0.5, 0.6) is 0 Å². The lowest BCUT2D eigenvalue weighted by Gasteiger charge is -2.36. The summed E-state index contributed by atoms with van der Waals surface area (Å²) in [4.78, 5) is 14.5. The molecule has 4 unspecified atom stereocenters. The predicted molar refractivity (Wildman–Crippen MR) is 72.5 cm³/mol. The van der Waals surface area contributed by atoms with E-state index in [1.807, 2.05) is 0 Å². The molecule has 5 nitrogen and oxygen atoms in total. The van der Waals surface area contributed by atoms with Gasteiger partial charge in [0.05, 0.1) is 6.04 Å². The van der Waals surface area contributed by atoms with Crippen LogP contribution in [0.1, 0.15) is 20.3 Å². The summed E-state index contributed by atoms with van der Waals surface area (Å²) in [6, 6.07) is 0.708. The molecule has 0 aromatic carbocycles. The second-order valence-electron chi connectivity index (χ2n) is 5.91.